The largest absolute Gasteiger partial charge is 0.447 e. The van der Waals surface area contributed by atoms with Gasteiger partial charge in [-0.3, -0.25) is 0 Å². The number of carbonyl (C=O) groups is 1. The summed E-state index contributed by atoms with van der Waals surface area (Å²) in [5.74, 6) is 0. The molecule has 2 N–H and O–H groups in total. The van der Waals surface area contributed by atoms with Gasteiger partial charge in [0.05, 0.1) is 6.54 Å². The van der Waals surface area contributed by atoms with Gasteiger partial charge in [-0.15, -0.1) is 0 Å². The molecule has 1 heterocycles. The van der Waals surface area contributed by atoms with Crippen molar-refractivity contribution in [1.29, 1.82) is 0 Å². The molecule has 15 heavy (non-hydrogen) atoms. The fraction of sp³-hybridized carbons (Fsp3) is 0.857. The van der Waals surface area contributed by atoms with E-state index in [1.807, 2.05) is 0 Å². The average molecular weight is 235 g/mol. The van der Waals surface area contributed by atoms with Crippen LogP contribution in [0, 0.1) is 0 Å². The Bertz CT molecular complexity index is 368. The van der Waals surface area contributed by atoms with Gasteiger partial charge < -0.3 is 10.1 Å². The zero-order valence-electron chi connectivity index (χ0n) is 8.26. The predicted molar refractivity (Wildman–Crippen MR) is 51.4 cm³/mol. The smallest absolute Gasteiger partial charge is 0.424 e. The standard InChI is InChI=1S/C7H13N3O4S/c1-8-5-4-6(5)9-15(12,13)10-2-3-14-7(10)11/h5-6,8-9H,2-4H2,1H3/t5-,6-/m1/s1. The van der Waals surface area contributed by atoms with Gasteiger partial charge in [-0.05, 0) is 13.5 Å². The first-order valence-corrected chi connectivity index (χ1v) is 6.12. The average Bonchev–Trinajstić information content (AvgIpc) is 2.74. The number of rotatable bonds is 4. The van der Waals surface area contributed by atoms with Crippen molar-refractivity contribution in [2.45, 2.75) is 18.5 Å². The van der Waals surface area contributed by atoms with Crippen molar-refractivity contribution in [3.05, 3.63) is 0 Å². The van der Waals surface area contributed by atoms with Crippen LogP contribution in [0.15, 0.2) is 0 Å². The van der Waals surface area contributed by atoms with Gasteiger partial charge in [-0.1, -0.05) is 0 Å². The molecule has 0 aromatic rings. The van der Waals surface area contributed by atoms with Crippen molar-refractivity contribution in [3.63, 3.8) is 0 Å². The van der Waals surface area contributed by atoms with E-state index in [4.69, 9.17) is 0 Å². The summed E-state index contributed by atoms with van der Waals surface area (Å²) in [7, 11) is -1.95. The highest BCUT2D eigenvalue weighted by Crippen LogP contribution is 2.22. The van der Waals surface area contributed by atoms with Crippen molar-refractivity contribution in [2.75, 3.05) is 20.2 Å². The second kappa shape index (κ2) is 3.62. The zero-order valence-corrected chi connectivity index (χ0v) is 9.08. The Balaban J connectivity index is 1.98. The van der Waals surface area contributed by atoms with E-state index >= 15 is 0 Å². The van der Waals surface area contributed by atoms with E-state index in [0.717, 1.165) is 10.7 Å². The van der Waals surface area contributed by atoms with Gasteiger partial charge in [0, 0.05) is 12.1 Å². The van der Waals surface area contributed by atoms with Crippen LogP contribution in [0.1, 0.15) is 6.42 Å². The lowest BCUT2D eigenvalue weighted by Gasteiger charge is -2.13. The molecule has 0 radical (unpaired) electrons. The van der Waals surface area contributed by atoms with Crippen molar-refractivity contribution >= 4 is 16.3 Å². The van der Waals surface area contributed by atoms with E-state index in [9.17, 15) is 13.2 Å². The Morgan fingerprint density at radius 3 is 2.67 bits per heavy atom. The maximum Gasteiger partial charge on any atom is 0.424 e. The van der Waals surface area contributed by atoms with Crippen molar-refractivity contribution in [1.82, 2.24) is 14.3 Å². The summed E-state index contributed by atoms with van der Waals surface area (Å²) in [6, 6.07) is 0.0480. The normalized spacial score (nSPS) is 30.5. The van der Waals surface area contributed by atoms with E-state index < -0.39 is 16.3 Å². The number of hydrogen-bond acceptors (Lipinski definition) is 5. The van der Waals surface area contributed by atoms with Gasteiger partial charge in [-0.25, -0.2) is 4.79 Å². The number of hydrogen-bond donors (Lipinski definition) is 2. The minimum absolute atomic E-state index is 0.0884. The summed E-state index contributed by atoms with van der Waals surface area (Å²) in [4.78, 5) is 11.0. The van der Waals surface area contributed by atoms with Gasteiger partial charge in [0.25, 0.3) is 0 Å². The first kappa shape index (κ1) is 10.7. The van der Waals surface area contributed by atoms with Crippen LogP contribution in [-0.4, -0.2) is 51.1 Å². The number of nitrogens with zero attached hydrogens (tertiary/aromatic N) is 1. The second-order valence-corrected chi connectivity index (χ2v) is 5.17. The molecule has 1 aliphatic carbocycles. The molecule has 1 saturated carbocycles. The summed E-state index contributed by atoms with van der Waals surface area (Å²) >= 11 is 0. The Kier molecular flexibility index (Phi) is 2.57. The third kappa shape index (κ3) is 2.06. The molecule has 0 unspecified atom stereocenters. The Hall–Kier alpha value is -0.860. The molecule has 2 aliphatic rings. The van der Waals surface area contributed by atoms with E-state index in [0.29, 0.717) is 0 Å². The minimum Gasteiger partial charge on any atom is -0.447 e. The first-order valence-electron chi connectivity index (χ1n) is 4.68. The molecule has 2 fully saturated rings. The lowest BCUT2D eigenvalue weighted by molar-refractivity contribution is 0.169. The molecular weight excluding hydrogens is 222 g/mol. The Morgan fingerprint density at radius 1 is 1.47 bits per heavy atom. The molecule has 86 valence electrons. The molecule has 0 aromatic heterocycles. The van der Waals surface area contributed by atoms with Crippen LogP contribution in [0.5, 0.6) is 0 Å². The second-order valence-electron chi connectivity index (χ2n) is 3.55. The molecule has 0 bridgehead atoms. The highest BCUT2D eigenvalue weighted by atomic mass is 32.2. The van der Waals surface area contributed by atoms with Crippen LogP contribution >= 0.6 is 0 Å². The minimum atomic E-state index is -3.72. The lowest BCUT2D eigenvalue weighted by atomic mass is 10.7. The van der Waals surface area contributed by atoms with E-state index in [2.05, 4.69) is 14.8 Å². The molecule has 1 amide bonds. The van der Waals surface area contributed by atoms with Gasteiger partial charge >= 0.3 is 16.3 Å². The summed E-state index contributed by atoms with van der Waals surface area (Å²) in [6.07, 6.45) is -0.0531. The van der Waals surface area contributed by atoms with Crippen molar-refractivity contribution in [3.8, 4) is 0 Å². The molecular formula is C7H13N3O4S. The van der Waals surface area contributed by atoms with Crippen LogP contribution in [0.4, 0.5) is 4.79 Å². The van der Waals surface area contributed by atoms with Gasteiger partial charge in [0.1, 0.15) is 6.61 Å². The number of carbonyl (C=O) groups excluding carboxylic acids is 1. The Morgan fingerprint density at radius 2 is 2.20 bits per heavy atom. The summed E-state index contributed by atoms with van der Waals surface area (Å²) in [6.45, 7) is 0.213. The summed E-state index contributed by atoms with van der Waals surface area (Å²) in [5.41, 5.74) is 0. The SMILES string of the molecule is CN[C@@H]1C[C@H]1NS(=O)(=O)N1CCOC1=O. The van der Waals surface area contributed by atoms with Crippen LogP contribution in [0.25, 0.3) is 0 Å². The number of cyclic esters (lactones) is 1. The van der Waals surface area contributed by atoms with E-state index in [-0.39, 0.29) is 25.2 Å². The maximum atomic E-state index is 11.6. The van der Waals surface area contributed by atoms with Crippen LogP contribution in [0.2, 0.25) is 0 Å². The Labute approximate surface area is 87.9 Å². The van der Waals surface area contributed by atoms with Gasteiger partial charge in [-0.2, -0.15) is 17.4 Å². The third-order valence-electron chi connectivity index (χ3n) is 2.48. The van der Waals surface area contributed by atoms with Gasteiger partial charge in [0.15, 0.2) is 0 Å². The maximum absolute atomic E-state index is 11.6. The van der Waals surface area contributed by atoms with Crippen LogP contribution in [-0.2, 0) is 14.9 Å². The molecule has 8 heteroatoms. The highest BCUT2D eigenvalue weighted by molar-refractivity contribution is 7.87. The van der Waals surface area contributed by atoms with Crippen LogP contribution in [0.3, 0.4) is 0 Å². The number of likely N-dealkylation sites (N-methyl/N-ethyl adjacent to an activating group) is 1. The lowest BCUT2D eigenvalue weighted by Crippen LogP contribution is -2.43. The topological polar surface area (TPSA) is 87.7 Å². The van der Waals surface area contributed by atoms with Crippen molar-refractivity contribution < 1.29 is 17.9 Å². The monoisotopic (exact) mass is 235 g/mol. The third-order valence-corrected chi connectivity index (χ3v) is 3.99. The quantitative estimate of drug-likeness (QED) is 0.628. The highest BCUT2D eigenvalue weighted by Gasteiger charge is 2.42. The number of amides is 1. The first-order chi connectivity index (χ1) is 7.04. The summed E-state index contributed by atoms with van der Waals surface area (Å²) in [5, 5.41) is 2.95. The van der Waals surface area contributed by atoms with Crippen LogP contribution < -0.4 is 10.0 Å². The fourth-order valence-electron chi connectivity index (χ4n) is 1.50. The fourth-order valence-corrected chi connectivity index (χ4v) is 2.83. The van der Waals surface area contributed by atoms with E-state index in [1.165, 1.54) is 0 Å². The molecule has 1 aliphatic heterocycles. The molecule has 2 rings (SSSR count). The summed E-state index contributed by atoms with van der Waals surface area (Å²) < 4.78 is 31.0. The molecule has 2 atom stereocenters. The number of ether oxygens (including phenoxy) is 1. The molecule has 0 spiro atoms. The van der Waals surface area contributed by atoms with Gasteiger partial charge in [0.2, 0.25) is 0 Å². The zero-order chi connectivity index (χ0) is 11.1. The van der Waals surface area contributed by atoms with E-state index in [1.54, 1.807) is 7.05 Å². The predicted octanol–water partition coefficient (Wildman–Crippen LogP) is -1.37. The molecule has 7 nitrogen and oxygen atoms in total. The number of nitrogens with one attached hydrogen (secondary N) is 2. The molecule has 1 saturated heterocycles. The van der Waals surface area contributed by atoms with Crippen molar-refractivity contribution in [2.24, 2.45) is 0 Å². The molecule has 0 aromatic carbocycles.